The molecule has 0 aromatic heterocycles. The van der Waals surface area contributed by atoms with Crippen LogP contribution < -0.4 is 10.5 Å². The predicted octanol–water partition coefficient (Wildman–Crippen LogP) is 3.08. The molecule has 0 saturated carbocycles. The molecular formula is C17H26N2O2. The van der Waals surface area contributed by atoms with Gasteiger partial charge in [0.1, 0.15) is 5.75 Å². The molecule has 1 unspecified atom stereocenters. The molecule has 1 fully saturated rings. The molecule has 4 nitrogen and oxygen atoms in total. The molecule has 2 rings (SSSR count). The fourth-order valence-electron chi connectivity index (χ4n) is 2.95. The van der Waals surface area contributed by atoms with E-state index in [1.807, 2.05) is 17.0 Å². The highest BCUT2D eigenvalue weighted by Gasteiger charge is 2.20. The molecule has 4 heteroatoms. The summed E-state index contributed by atoms with van der Waals surface area (Å²) in [5.41, 5.74) is 6.35. The van der Waals surface area contributed by atoms with Crippen LogP contribution in [0.25, 0.3) is 0 Å². The number of likely N-dealkylation sites (tertiary alicyclic amines) is 1. The Balaban J connectivity index is 1.80. The molecule has 116 valence electrons. The van der Waals surface area contributed by atoms with E-state index in [0.29, 0.717) is 11.4 Å². The topological polar surface area (TPSA) is 55.6 Å². The average molecular weight is 290 g/mol. The Morgan fingerprint density at radius 2 is 2.24 bits per heavy atom. The van der Waals surface area contributed by atoms with Crippen LogP contribution in [0.4, 0.5) is 5.69 Å². The van der Waals surface area contributed by atoms with Crippen molar-refractivity contribution in [2.75, 3.05) is 25.4 Å². The second-order valence-electron chi connectivity index (χ2n) is 5.83. The van der Waals surface area contributed by atoms with E-state index >= 15 is 0 Å². The molecular weight excluding hydrogens is 264 g/mol. The fourth-order valence-corrected chi connectivity index (χ4v) is 2.95. The first kappa shape index (κ1) is 15.7. The Bertz CT molecular complexity index is 462. The van der Waals surface area contributed by atoms with Gasteiger partial charge < -0.3 is 15.4 Å². The minimum absolute atomic E-state index is 0.0783. The smallest absolute Gasteiger partial charge is 0.260 e. The van der Waals surface area contributed by atoms with Gasteiger partial charge in [-0.25, -0.2) is 0 Å². The van der Waals surface area contributed by atoms with Gasteiger partial charge in [-0.15, -0.1) is 0 Å². The number of amides is 1. The van der Waals surface area contributed by atoms with E-state index in [1.165, 1.54) is 19.3 Å². The van der Waals surface area contributed by atoms with Crippen LogP contribution in [0.1, 0.15) is 39.0 Å². The fraction of sp³-hybridized carbons (Fsp3) is 0.588. The number of nitrogen functional groups attached to an aromatic ring is 1. The van der Waals surface area contributed by atoms with Crippen molar-refractivity contribution in [1.82, 2.24) is 4.90 Å². The van der Waals surface area contributed by atoms with E-state index in [9.17, 15) is 4.79 Å². The van der Waals surface area contributed by atoms with Gasteiger partial charge in [-0.1, -0.05) is 25.8 Å². The monoisotopic (exact) mass is 290 g/mol. The van der Waals surface area contributed by atoms with Crippen LogP contribution in [-0.2, 0) is 4.79 Å². The first-order chi connectivity index (χ1) is 10.2. The number of anilines is 1. The summed E-state index contributed by atoms with van der Waals surface area (Å²) >= 11 is 0. The highest BCUT2D eigenvalue weighted by molar-refractivity contribution is 5.77. The summed E-state index contributed by atoms with van der Waals surface area (Å²) in [5, 5.41) is 0. The van der Waals surface area contributed by atoms with Gasteiger partial charge in [0.05, 0.1) is 0 Å². The SMILES string of the molecule is CCCC1CCCN(C(=O)COc2cccc(N)c2)CC1. The van der Waals surface area contributed by atoms with Gasteiger partial charge >= 0.3 is 0 Å². The molecule has 1 aromatic carbocycles. The Hall–Kier alpha value is -1.71. The van der Waals surface area contributed by atoms with Gasteiger partial charge in [0, 0.05) is 24.8 Å². The first-order valence-corrected chi connectivity index (χ1v) is 7.95. The third kappa shape index (κ3) is 4.96. The summed E-state index contributed by atoms with van der Waals surface area (Å²) in [7, 11) is 0. The number of hydrogen-bond acceptors (Lipinski definition) is 3. The molecule has 1 amide bonds. The number of nitrogens with zero attached hydrogens (tertiary/aromatic N) is 1. The van der Waals surface area contributed by atoms with Crippen LogP contribution in [0.15, 0.2) is 24.3 Å². The molecule has 1 atom stereocenters. The molecule has 0 aliphatic carbocycles. The lowest BCUT2D eigenvalue weighted by Gasteiger charge is -2.20. The van der Waals surface area contributed by atoms with Gasteiger partial charge in [0.2, 0.25) is 0 Å². The normalized spacial score (nSPS) is 19.1. The zero-order valence-corrected chi connectivity index (χ0v) is 12.9. The zero-order chi connectivity index (χ0) is 15.1. The largest absolute Gasteiger partial charge is 0.484 e. The number of nitrogens with two attached hydrogens (primary N) is 1. The Kier molecular flexibility index (Phi) is 5.90. The van der Waals surface area contributed by atoms with Crippen LogP contribution in [0.3, 0.4) is 0 Å². The first-order valence-electron chi connectivity index (χ1n) is 7.95. The summed E-state index contributed by atoms with van der Waals surface area (Å²) in [6.45, 7) is 4.05. The van der Waals surface area contributed by atoms with Crippen LogP contribution >= 0.6 is 0 Å². The minimum Gasteiger partial charge on any atom is -0.484 e. The van der Waals surface area contributed by atoms with E-state index in [-0.39, 0.29) is 12.5 Å². The Morgan fingerprint density at radius 3 is 3.00 bits per heavy atom. The van der Waals surface area contributed by atoms with Crippen LogP contribution in [0.2, 0.25) is 0 Å². The van der Waals surface area contributed by atoms with E-state index in [1.54, 1.807) is 12.1 Å². The lowest BCUT2D eigenvalue weighted by molar-refractivity contribution is -0.133. The molecule has 1 saturated heterocycles. The summed E-state index contributed by atoms with van der Waals surface area (Å²) in [4.78, 5) is 14.2. The van der Waals surface area contributed by atoms with Crippen molar-refractivity contribution in [1.29, 1.82) is 0 Å². The number of hydrogen-bond donors (Lipinski definition) is 1. The highest BCUT2D eigenvalue weighted by Crippen LogP contribution is 2.22. The number of benzene rings is 1. The number of ether oxygens (including phenoxy) is 1. The molecule has 0 bridgehead atoms. The standard InChI is InChI=1S/C17H26N2O2/c1-2-5-14-6-4-10-19(11-9-14)17(20)13-21-16-8-3-7-15(18)12-16/h3,7-8,12,14H,2,4-6,9-11,13,18H2,1H3. The number of carbonyl (C=O) groups is 1. The number of carbonyl (C=O) groups excluding carboxylic acids is 1. The van der Waals surface area contributed by atoms with Crippen molar-refractivity contribution in [2.24, 2.45) is 5.92 Å². The zero-order valence-electron chi connectivity index (χ0n) is 12.9. The summed E-state index contributed by atoms with van der Waals surface area (Å²) in [5.74, 6) is 1.51. The molecule has 2 N–H and O–H groups in total. The van der Waals surface area contributed by atoms with Gasteiger partial charge in [0.15, 0.2) is 6.61 Å². The molecule has 21 heavy (non-hydrogen) atoms. The van der Waals surface area contributed by atoms with E-state index in [0.717, 1.165) is 31.8 Å². The lowest BCUT2D eigenvalue weighted by atomic mass is 9.96. The maximum absolute atomic E-state index is 12.2. The van der Waals surface area contributed by atoms with Crippen molar-refractivity contribution < 1.29 is 9.53 Å². The Labute approximate surface area is 127 Å². The maximum Gasteiger partial charge on any atom is 0.260 e. The van der Waals surface area contributed by atoms with Gasteiger partial charge in [0.25, 0.3) is 5.91 Å². The summed E-state index contributed by atoms with van der Waals surface area (Å²) < 4.78 is 5.55. The van der Waals surface area contributed by atoms with Crippen molar-refractivity contribution in [2.45, 2.75) is 39.0 Å². The second kappa shape index (κ2) is 7.91. The molecule has 1 aromatic rings. The second-order valence-corrected chi connectivity index (χ2v) is 5.83. The molecule has 1 heterocycles. The van der Waals surface area contributed by atoms with Crippen LogP contribution in [-0.4, -0.2) is 30.5 Å². The minimum atomic E-state index is 0.0783. The highest BCUT2D eigenvalue weighted by atomic mass is 16.5. The summed E-state index contributed by atoms with van der Waals surface area (Å²) in [6, 6.07) is 7.20. The van der Waals surface area contributed by atoms with Crippen LogP contribution in [0, 0.1) is 5.92 Å². The Morgan fingerprint density at radius 1 is 1.38 bits per heavy atom. The predicted molar refractivity (Wildman–Crippen MR) is 85.2 cm³/mol. The molecule has 1 aliphatic rings. The third-order valence-corrected chi connectivity index (χ3v) is 4.12. The van der Waals surface area contributed by atoms with Gasteiger partial charge in [-0.2, -0.15) is 0 Å². The van der Waals surface area contributed by atoms with Gasteiger partial charge in [-0.05, 0) is 37.3 Å². The van der Waals surface area contributed by atoms with Crippen LogP contribution in [0.5, 0.6) is 5.75 Å². The van der Waals surface area contributed by atoms with E-state index < -0.39 is 0 Å². The summed E-state index contributed by atoms with van der Waals surface area (Å²) in [6.07, 6.45) is 5.99. The van der Waals surface area contributed by atoms with Crippen molar-refractivity contribution in [3.05, 3.63) is 24.3 Å². The average Bonchev–Trinajstić information content (AvgIpc) is 2.71. The van der Waals surface area contributed by atoms with Gasteiger partial charge in [-0.3, -0.25) is 4.79 Å². The lowest BCUT2D eigenvalue weighted by Crippen LogP contribution is -2.35. The number of rotatable bonds is 5. The molecule has 0 radical (unpaired) electrons. The maximum atomic E-state index is 12.2. The van der Waals surface area contributed by atoms with Crippen molar-refractivity contribution in [3.63, 3.8) is 0 Å². The quantitative estimate of drug-likeness (QED) is 0.848. The van der Waals surface area contributed by atoms with Crippen molar-refractivity contribution in [3.8, 4) is 5.75 Å². The molecule has 0 spiro atoms. The van der Waals surface area contributed by atoms with E-state index in [2.05, 4.69) is 6.92 Å². The molecule has 1 aliphatic heterocycles. The van der Waals surface area contributed by atoms with Crippen molar-refractivity contribution >= 4 is 11.6 Å². The third-order valence-electron chi connectivity index (χ3n) is 4.12. The van der Waals surface area contributed by atoms with E-state index in [4.69, 9.17) is 10.5 Å².